The number of nitrogens with zero attached hydrogens (tertiary/aromatic N) is 2. The van der Waals surface area contributed by atoms with E-state index in [4.69, 9.17) is 45.3 Å². The summed E-state index contributed by atoms with van der Waals surface area (Å²) in [6, 6.07) is 37.2. The monoisotopic (exact) mass is 978 g/mol. The minimum atomic E-state index is -1.28. The summed E-state index contributed by atoms with van der Waals surface area (Å²) in [6.45, 7) is 0. The number of nitrogens with one attached hydrogen (secondary N) is 6. The third-order valence-corrected chi connectivity index (χ3v) is 11.2. The van der Waals surface area contributed by atoms with Crippen molar-refractivity contribution in [2.24, 2.45) is 0 Å². The highest BCUT2D eigenvalue weighted by molar-refractivity contribution is 6.35. The molecule has 8 aromatic rings. The number of carbonyl (C=O) groups is 6. The summed E-state index contributed by atoms with van der Waals surface area (Å²) in [5, 5.41) is 50.3. The summed E-state index contributed by atoms with van der Waals surface area (Å²) >= 11 is 18.2. The number of hydrogen-bond acceptors (Lipinski definition) is 8. The molecule has 16 nitrogen and oxygen atoms in total. The van der Waals surface area contributed by atoms with E-state index in [1.165, 1.54) is 36.4 Å². The molecule has 342 valence electrons. The lowest BCUT2D eigenvalue weighted by molar-refractivity contribution is -0.116. The first-order valence-corrected chi connectivity index (χ1v) is 21.4. The quantitative estimate of drug-likeness (QED) is 0.0573. The number of carbonyl (C=O) groups excluding carboxylic acids is 4. The van der Waals surface area contributed by atoms with Crippen LogP contribution in [-0.4, -0.2) is 55.7 Å². The Morgan fingerprint density at radius 3 is 1.39 bits per heavy atom. The molecule has 0 unspecified atom stereocenters. The van der Waals surface area contributed by atoms with Crippen LogP contribution in [0.1, 0.15) is 63.9 Å². The number of fused-ring (bicyclic) bond motifs is 2. The third kappa shape index (κ3) is 11.5. The maximum absolute atomic E-state index is 12.8. The SMILES string of the molecule is N#Cc1ccc(NC(=O)c2cc3cccc(NC(=O)Cc4ccc(Cl)cc4Cl)c3[nH]2)c(C(=O)O)c1.N#Cc1ccc(NC(=O)c2cc3cccc(NC(=O)Cc4ccccc4Cl)c3[nH]2)c(C(=O)O)c1. The topological polar surface area (TPSA) is 270 Å². The van der Waals surface area contributed by atoms with Crippen molar-refractivity contribution in [3.8, 4) is 12.1 Å². The lowest BCUT2D eigenvalue weighted by Crippen LogP contribution is -2.16. The maximum atomic E-state index is 12.8. The molecule has 0 saturated carbocycles. The molecule has 0 saturated heterocycles. The van der Waals surface area contributed by atoms with Crippen molar-refractivity contribution < 1.29 is 39.0 Å². The van der Waals surface area contributed by atoms with Gasteiger partial charge < -0.3 is 41.4 Å². The molecule has 2 heterocycles. The van der Waals surface area contributed by atoms with Gasteiger partial charge in [-0.15, -0.1) is 0 Å². The number of H-pyrrole nitrogens is 2. The van der Waals surface area contributed by atoms with Gasteiger partial charge in [0.05, 0.1) is 81.0 Å². The number of nitriles is 2. The number of rotatable bonds is 12. The van der Waals surface area contributed by atoms with Gasteiger partial charge in [0.25, 0.3) is 11.8 Å². The van der Waals surface area contributed by atoms with Crippen molar-refractivity contribution >= 4 is 115 Å². The van der Waals surface area contributed by atoms with Crippen molar-refractivity contribution in [1.29, 1.82) is 10.5 Å². The smallest absolute Gasteiger partial charge is 0.337 e. The molecule has 2 aromatic heterocycles. The molecule has 19 heteroatoms. The summed E-state index contributed by atoms with van der Waals surface area (Å²) in [6.07, 6.45) is 0.109. The van der Waals surface area contributed by atoms with E-state index in [0.29, 0.717) is 59.4 Å². The predicted octanol–water partition coefficient (Wildman–Crippen LogP) is 10.3. The average Bonchev–Trinajstić information content (AvgIpc) is 3.98. The Labute approximate surface area is 406 Å². The molecule has 0 aliphatic rings. The Balaban J connectivity index is 0.000000204. The average molecular weight is 980 g/mol. The minimum absolute atomic E-state index is 0.0249. The highest BCUT2D eigenvalue weighted by atomic mass is 35.5. The van der Waals surface area contributed by atoms with Crippen LogP contribution in [0.4, 0.5) is 22.7 Å². The second-order valence-corrected chi connectivity index (χ2v) is 16.2. The normalized spacial score (nSPS) is 10.5. The van der Waals surface area contributed by atoms with Gasteiger partial charge >= 0.3 is 11.9 Å². The van der Waals surface area contributed by atoms with Crippen LogP contribution in [-0.2, 0) is 22.4 Å². The molecule has 0 bridgehead atoms. The summed E-state index contributed by atoms with van der Waals surface area (Å²) in [5.41, 5.74) is 3.66. The number of amides is 4. The molecule has 8 N–H and O–H groups in total. The Morgan fingerprint density at radius 2 is 0.957 bits per heavy atom. The van der Waals surface area contributed by atoms with Gasteiger partial charge in [-0.3, -0.25) is 19.2 Å². The van der Waals surface area contributed by atoms with Gasteiger partial charge in [0.15, 0.2) is 0 Å². The molecule has 8 rings (SSSR count). The molecule has 0 radical (unpaired) electrons. The molecule has 6 aromatic carbocycles. The molecule has 4 amide bonds. The summed E-state index contributed by atoms with van der Waals surface area (Å²) < 4.78 is 0. The van der Waals surface area contributed by atoms with Gasteiger partial charge in [-0.2, -0.15) is 10.5 Å². The van der Waals surface area contributed by atoms with Crippen LogP contribution in [0.3, 0.4) is 0 Å². The zero-order chi connectivity index (χ0) is 49.4. The van der Waals surface area contributed by atoms with E-state index >= 15 is 0 Å². The highest BCUT2D eigenvalue weighted by Gasteiger charge is 2.20. The van der Waals surface area contributed by atoms with Crippen molar-refractivity contribution in [2.75, 3.05) is 21.3 Å². The Morgan fingerprint density at radius 1 is 0.493 bits per heavy atom. The highest BCUT2D eigenvalue weighted by Crippen LogP contribution is 2.29. The fraction of sp³-hybridized carbons (Fsp3) is 0.0400. The van der Waals surface area contributed by atoms with Crippen molar-refractivity contribution in [1.82, 2.24) is 9.97 Å². The van der Waals surface area contributed by atoms with E-state index in [1.54, 1.807) is 91.0 Å². The van der Waals surface area contributed by atoms with Gasteiger partial charge in [0.2, 0.25) is 11.8 Å². The maximum Gasteiger partial charge on any atom is 0.337 e. The lowest BCUT2D eigenvalue weighted by atomic mass is 10.1. The van der Waals surface area contributed by atoms with Crippen LogP contribution in [0, 0.1) is 22.7 Å². The molecule has 69 heavy (non-hydrogen) atoms. The number of aromatic carboxylic acids is 2. The van der Waals surface area contributed by atoms with Gasteiger partial charge in [-0.1, -0.05) is 83.3 Å². The first-order chi connectivity index (χ1) is 33.1. The number of carboxylic acids is 2. The van der Waals surface area contributed by atoms with Gasteiger partial charge in [-0.25, -0.2) is 9.59 Å². The number of benzene rings is 6. The van der Waals surface area contributed by atoms with Crippen LogP contribution in [0.15, 0.2) is 127 Å². The van der Waals surface area contributed by atoms with Crippen LogP contribution >= 0.6 is 34.8 Å². The fourth-order valence-electron chi connectivity index (χ4n) is 6.99. The van der Waals surface area contributed by atoms with Crippen molar-refractivity contribution in [2.45, 2.75) is 12.8 Å². The number of halogens is 3. The van der Waals surface area contributed by atoms with Crippen LogP contribution in [0.2, 0.25) is 15.1 Å². The zero-order valence-electron chi connectivity index (χ0n) is 35.4. The zero-order valence-corrected chi connectivity index (χ0v) is 37.7. The number of hydrogen-bond donors (Lipinski definition) is 8. The molecule has 0 aliphatic heterocycles. The number of aromatic amines is 2. The number of anilines is 4. The second-order valence-electron chi connectivity index (χ2n) is 14.9. The van der Waals surface area contributed by atoms with Gasteiger partial charge in [-0.05, 0) is 90.0 Å². The lowest BCUT2D eigenvalue weighted by Gasteiger charge is -2.09. The fourth-order valence-corrected chi connectivity index (χ4v) is 7.66. The summed E-state index contributed by atoms with van der Waals surface area (Å²) in [7, 11) is 0. The van der Waals surface area contributed by atoms with E-state index in [-0.39, 0.29) is 69.7 Å². The van der Waals surface area contributed by atoms with Crippen LogP contribution < -0.4 is 21.3 Å². The Kier molecular flexibility index (Phi) is 14.7. The Bertz CT molecular complexity index is 3480. The van der Waals surface area contributed by atoms with E-state index < -0.39 is 23.8 Å². The van der Waals surface area contributed by atoms with E-state index in [9.17, 15) is 39.0 Å². The van der Waals surface area contributed by atoms with Gasteiger partial charge in [0.1, 0.15) is 11.4 Å². The number of carboxylic acid groups (broad SMARTS) is 2. The number of para-hydroxylation sites is 2. The molecular formula is C50H33Cl3N8O8. The first-order valence-electron chi connectivity index (χ1n) is 20.3. The summed E-state index contributed by atoms with van der Waals surface area (Å²) in [5.74, 6) is -4.29. The van der Waals surface area contributed by atoms with E-state index in [1.807, 2.05) is 12.1 Å². The molecule has 0 atom stereocenters. The third-order valence-electron chi connectivity index (χ3n) is 10.3. The molecular weight excluding hydrogens is 947 g/mol. The number of aromatic nitrogens is 2. The molecule has 0 aliphatic carbocycles. The standard InChI is InChI=1S/C25H16Cl2N4O4.C25H17ClN4O4/c26-16-6-5-14(18(27)11-16)10-22(32)29-20-3-1-2-15-9-21(30-23(15)20)24(33)31-19-7-4-13(12-28)8-17(19)25(34)35;26-18-6-2-1-4-15(18)12-22(31)28-20-7-3-5-16-11-21(29-23(16)20)24(32)30-19-9-8-14(13-27)10-17(19)25(33)34/h1-9,11,30H,10H2,(H,29,32)(H,31,33)(H,34,35);1-11,29H,12H2,(H,28,31)(H,30,32)(H,33,34). The largest absolute Gasteiger partial charge is 0.478 e. The first kappa shape index (κ1) is 48.0. The molecule has 0 fully saturated rings. The van der Waals surface area contributed by atoms with Crippen molar-refractivity contribution in [3.63, 3.8) is 0 Å². The van der Waals surface area contributed by atoms with E-state index in [2.05, 4.69) is 31.2 Å². The summed E-state index contributed by atoms with van der Waals surface area (Å²) in [4.78, 5) is 79.9. The predicted molar refractivity (Wildman–Crippen MR) is 261 cm³/mol. The van der Waals surface area contributed by atoms with Gasteiger partial charge in [0, 0.05) is 25.8 Å². The van der Waals surface area contributed by atoms with Crippen LogP contribution in [0.25, 0.3) is 21.8 Å². The minimum Gasteiger partial charge on any atom is -0.478 e. The second kappa shape index (κ2) is 21.1. The molecule has 0 spiro atoms. The Hall–Kier alpha value is -8.93. The van der Waals surface area contributed by atoms with Crippen molar-refractivity contribution in [3.05, 3.63) is 187 Å². The van der Waals surface area contributed by atoms with Crippen LogP contribution in [0.5, 0.6) is 0 Å². The van der Waals surface area contributed by atoms with E-state index in [0.717, 1.165) is 0 Å².